The number of aryl methyl sites for hydroxylation is 1. The maximum Gasteiger partial charge on any atom is 0.307 e. The Morgan fingerprint density at radius 1 is 0.868 bits per heavy atom. The van der Waals surface area contributed by atoms with Crippen LogP contribution in [0.3, 0.4) is 0 Å². The van der Waals surface area contributed by atoms with E-state index in [-0.39, 0.29) is 43.3 Å². The first kappa shape index (κ1) is 38.9. The molecule has 12 nitrogen and oxygen atoms in total. The summed E-state index contributed by atoms with van der Waals surface area (Å²) in [5.41, 5.74) is 3.24. The van der Waals surface area contributed by atoms with Crippen LogP contribution in [0, 0.1) is 23.6 Å². The van der Waals surface area contributed by atoms with Gasteiger partial charge in [-0.3, -0.25) is 24.0 Å². The van der Waals surface area contributed by atoms with Crippen molar-refractivity contribution < 1.29 is 57.2 Å². The molecule has 2 aliphatic rings. The lowest BCUT2D eigenvalue weighted by atomic mass is 9.77. The second-order valence-corrected chi connectivity index (χ2v) is 13.4. The van der Waals surface area contributed by atoms with Crippen molar-refractivity contribution in [3.8, 4) is 5.75 Å². The van der Waals surface area contributed by atoms with Crippen molar-refractivity contribution >= 4 is 35.5 Å². The third kappa shape index (κ3) is 9.58. The summed E-state index contributed by atoms with van der Waals surface area (Å²) in [6.07, 6.45) is -1.36. The second-order valence-electron chi connectivity index (χ2n) is 13.4. The number of rotatable bonds is 15. The zero-order valence-electron chi connectivity index (χ0n) is 30.1. The number of benzene rings is 3. The normalized spacial score (nSPS) is 23.0. The van der Waals surface area contributed by atoms with E-state index in [0.717, 1.165) is 24.5 Å². The summed E-state index contributed by atoms with van der Waals surface area (Å²) in [6.45, 7) is 3.08. The molecular weight excluding hydrogens is 689 g/mol. The Labute approximate surface area is 307 Å². The van der Waals surface area contributed by atoms with Gasteiger partial charge in [-0.1, -0.05) is 36.4 Å². The molecule has 2 heterocycles. The van der Waals surface area contributed by atoms with Gasteiger partial charge in [0.05, 0.1) is 31.6 Å². The number of carbonyl (C=O) groups is 5. The van der Waals surface area contributed by atoms with Gasteiger partial charge < -0.3 is 33.7 Å². The number of anilines is 1. The molecule has 2 fully saturated rings. The molecule has 0 radical (unpaired) electrons. The lowest BCUT2D eigenvalue weighted by molar-refractivity contribution is -0.220. The average molecular weight is 734 g/mol. The van der Waals surface area contributed by atoms with Gasteiger partial charge in [-0.2, -0.15) is 0 Å². The van der Waals surface area contributed by atoms with Crippen molar-refractivity contribution in [1.29, 1.82) is 0 Å². The fraction of sp³-hybridized carbons (Fsp3) is 0.425. The van der Waals surface area contributed by atoms with Crippen LogP contribution in [0.25, 0.3) is 0 Å². The van der Waals surface area contributed by atoms with Gasteiger partial charge in [0.1, 0.15) is 30.4 Å². The van der Waals surface area contributed by atoms with Crippen LogP contribution in [0.4, 0.5) is 10.1 Å². The third-order valence-electron chi connectivity index (χ3n) is 9.74. The van der Waals surface area contributed by atoms with Gasteiger partial charge >= 0.3 is 23.9 Å². The number of ether oxygens (including phenoxy) is 5. The summed E-state index contributed by atoms with van der Waals surface area (Å²) >= 11 is 0. The summed E-state index contributed by atoms with van der Waals surface area (Å²) in [5.74, 6) is -5.20. The molecule has 53 heavy (non-hydrogen) atoms. The summed E-state index contributed by atoms with van der Waals surface area (Å²) in [4.78, 5) is 64.0. The number of amides is 1. The number of aliphatic carboxylic acids is 1. The molecule has 5 rings (SSSR count). The predicted molar refractivity (Wildman–Crippen MR) is 188 cm³/mol. The molecule has 7 atom stereocenters. The van der Waals surface area contributed by atoms with Crippen LogP contribution in [-0.2, 0) is 55.8 Å². The molecule has 2 saturated heterocycles. The van der Waals surface area contributed by atoms with Gasteiger partial charge in [-0.05, 0) is 78.8 Å². The molecule has 0 aromatic heterocycles. The summed E-state index contributed by atoms with van der Waals surface area (Å²) in [7, 11) is 1.57. The van der Waals surface area contributed by atoms with E-state index in [1.165, 1.54) is 26.0 Å². The Hall–Kier alpha value is -5.30. The molecule has 0 aliphatic carbocycles. The first-order valence-corrected chi connectivity index (χ1v) is 17.5. The van der Waals surface area contributed by atoms with Crippen molar-refractivity contribution in [2.75, 3.05) is 25.2 Å². The number of nitrogens with zero attached hydrogens (tertiary/aromatic N) is 1. The van der Waals surface area contributed by atoms with Gasteiger partial charge in [-0.25, -0.2) is 4.39 Å². The maximum absolute atomic E-state index is 13.6. The Kier molecular flexibility index (Phi) is 12.8. The smallest absolute Gasteiger partial charge is 0.307 e. The van der Waals surface area contributed by atoms with Crippen molar-refractivity contribution in [3.05, 3.63) is 95.3 Å². The topological polar surface area (TPSA) is 155 Å². The fourth-order valence-corrected chi connectivity index (χ4v) is 7.19. The highest BCUT2D eigenvalue weighted by molar-refractivity contribution is 6.03. The molecule has 0 spiro atoms. The van der Waals surface area contributed by atoms with Crippen LogP contribution >= 0.6 is 0 Å². The molecule has 13 heteroatoms. The number of methoxy groups -OCH3 is 1. The van der Waals surface area contributed by atoms with Gasteiger partial charge in [0.2, 0.25) is 5.91 Å². The van der Waals surface area contributed by atoms with Crippen molar-refractivity contribution in [2.45, 2.75) is 70.8 Å². The fourth-order valence-electron chi connectivity index (χ4n) is 7.19. The minimum Gasteiger partial charge on any atom is -0.497 e. The SMILES string of the molecule is COc1ccc(N2C(=O)[C@@H](CCCc3ccc(F)cc3)[C@H]2c2ccc(C[C@@H](C(=O)O)[C@H]3CO[C@H](COC(C)=O)[C@H](OC(C)=O)[C@@H]3OC(C)=O)cc2)cc1. The third-order valence-corrected chi connectivity index (χ3v) is 9.74. The highest BCUT2D eigenvalue weighted by Gasteiger charge is 2.50. The van der Waals surface area contributed by atoms with Crippen molar-refractivity contribution in [1.82, 2.24) is 0 Å². The summed E-state index contributed by atoms with van der Waals surface area (Å²) in [5, 5.41) is 10.4. The quantitative estimate of drug-likeness (QED) is 0.124. The van der Waals surface area contributed by atoms with E-state index in [2.05, 4.69) is 0 Å². The molecule has 0 saturated carbocycles. The lowest BCUT2D eigenvalue weighted by Crippen LogP contribution is -2.58. The molecule has 0 bridgehead atoms. The van der Waals surface area contributed by atoms with Crippen molar-refractivity contribution in [3.63, 3.8) is 0 Å². The largest absolute Gasteiger partial charge is 0.497 e. The van der Waals surface area contributed by atoms with E-state index in [9.17, 15) is 33.5 Å². The van der Waals surface area contributed by atoms with Crippen LogP contribution in [0.15, 0.2) is 72.8 Å². The number of hydrogen-bond donors (Lipinski definition) is 1. The zero-order valence-corrected chi connectivity index (χ0v) is 30.1. The highest BCUT2D eigenvalue weighted by atomic mass is 19.1. The summed E-state index contributed by atoms with van der Waals surface area (Å²) in [6, 6.07) is 20.7. The number of carbonyl (C=O) groups excluding carboxylic acids is 4. The van der Waals surface area contributed by atoms with E-state index in [4.69, 9.17) is 23.7 Å². The molecule has 1 N–H and O–H groups in total. The highest BCUT2D eigenvalue weighted by Crippen LogP contribution is 2.46. The van der Waals surface area contributed by atoms with Crippen LogP contribution in [0.2, 0.25) is 0 Å². The van der Waals surface area contributed by atoms with Crippen LogP contribution in [0.1, 0.15) is 56.3 Å². The standard InChI is InChI=1S/C40H44FNO11/c1-23(43)50-22-35-38(53-25(3)45)37(52-24(2)44)34(21-51-35)33(40(47)48)20-27-8-12-28(13-9-27)36-32(7-5-6-26-10-14-29(41)15-11-26)39(46)42(36)30-16-18-31(49-4)19-17-30/h8-19,32-38H,5-7,20-22H2,1-4H3,(H,47,48)/t32-,33+,34+,35+,36+,37+,38-/m0/s1. The van der Waals surface area contributed by atoms with Crippen LogP contribution < -0.4 is 9.64 Å². The number of carboxylic acid groups (broad SMARTS) is 1. The van der Waals surface area contributed by atoms with E-state index >= 15 is 0 Å². The molecular formula is C40H44FNO11. The zero-order chi connectivity index (χ0) is 38.2. The van der Waals surface area contributed by atoms with E-state index in [1.54, 1.807) is 36.3 Å². The number of β-lactam (4-membered cyclic amide) rings is 1. The average Bonchev–Trinajstić information content (AvgIpc) is 3.12. The number of hydrogen-bond acceptors (Lipinski definition) is 10. The van der Waals surface area contributed by atoms with E-state index in [1.807, 2.05) is 36.4 Å². The molecule has 282 valence electrons. The molecule has 0 unspecified atom stereocenters. The second kappa shape index (κ2) is 17.5. The van der Waals surface area contributed by atoms with E-state index < -0.39 is 54.0 Å². The number of carboxylic acids is 1. The molecule has 2 aliphatic heterocycles. The molecule has 3 aromatic carbocycles. The minimum atomic E-state index is -1.22. The first-order chi connectivity index (χ1) is 25.4. The van der Waals surface area contributed by atoms with Gasteiger partial charge in [0, 0.05) is 32.4 Å². The van der Waals surface area contributed by atoms with Gasteiger partial charge in [-0.15, -0.1) is 0 Å². The van der Waals surface area contributed by atoms with Crippen molar-refractivity contribution in [2.24, 2.45) is 17.8 Å². The predicted octanol–water partition coefficient (Wildman–Crippen LogP) is 5.25. The molecule has 3 aromatic rings. The van der Waals surface area contributed by atoms with Crippen LogP contribution in [-0.4, -0.2) is 73.5 Å². The van der Waals surface area contributed by atoms with Crippen LogP contribution in [0.5, 0.6) is 5.75 Å². The van der Waals surface area contributed by atoms with Gasteiger partial charge in [0.25, 0.3) is 0 Å². The van der Waals surface area contributed by atoms with E-state index in [0.29, 0.717) is 29.8 Å². The Balaban J connectivity index is 1.37. The minimum absolute atomic E-state index is 0.0163. The Morgan fingerprint density at radius 3 is 2.08 bits per heavy atom. The Bertz CT molecular complexity index is 1760. The lowest BCUT2D eigenvalue weighted by Gasteiger charge is -2.48. The maximum atomic E-state index is 13.6. The van der Waals surface area contributed by atoms with Gasteiger partial charge in [0.15, 0.2) is 6.10 Å². The number of esters is 3. The monoisotopic (exact) mass is 733 g/mol. The number of halogens is 1. The first-order valence-electron chi connectivity index (χ1n) is 17.5. The molecule has 1 amide bonds. The Morgan fingerprint density at radius 2 is 1.49 bits per heavy atom. The summed E-state index contributed by atoms with van der Waals surface area (Å²) < 4.78 is 40.8.